The van der Waals surface area contributed by atoms with Crippen LogP contribution in [0.4, 0.5) is 0 Å². The third kappa shape index (κ3) is 4.79. The SMILES string of the molecule is COc1ccc(OC)c([C@H](C)NC(=O)C[NH+](C)Cc2nc3ccccc3s2)c1. The lowest BCUT2D eigenvalue weighted by atomic mass is 10.1. The number of rotatable bonds is 8. The summed E-state index contributed by atoms with van der Waals surface area (Å²) in [6, 6.07) is 13.5. The first kappa shape index (κ1) is 20.1. The highest BCUT2D eigenvalue weighted by molar-refractivity contribution is 7.18. The van der Waals surface area contributed by atoms with Crippen LogP contribution in [0.1, 0.15) is 23.5 Å². The maximum absolute atomic E-state index is 12.5. The number of thiazole rings is 1. The van der Waals surface area contributed by atoms with Gasteiger partial charge in [-0.3, -0.25) is 4.79 Å². The van der Waals surface area contributed by atoms with Gasteiger partial charge in [-0.2, -0.15) is 0 Å². The highest BCUT2D eigenvalue weighted by Crippen LogP contribution is 2.29. The van der Waals surface area contributed by atoms with E-state index in [0.29, 0.717) is 13.1 Å². The van der Waals surface area contributed by atoms with Gasteiger partial charge >= 0.3 is 0 Å². The summed E-state index contributed by atoms with van der Waals surface area (Å²) in [5, 5.41) is 4.09. The summed E-state index contributed by atoms with van der Waals surface area (Å²) in [4.78, 5) is 18.3. The van der Waals surface area contributed by atoms with E-state index in [1.165, 1.54) is 4.70 Å². The molecule has 1 aromatic heterocycles. The molecule has 0 fully saturated rings. The van der Waals surface area contributed by atoms with E-state index in [2.05, 4.69) is 16.4 Å². The van der Waals surface area contributed by atoms with Crippen molar-refractivity contribution in [3.8, 4) is 11.5 Å². The molecule has 0 spiro atoms. The van der Waals surface area contributed by atoms with Gasteiger partial charge in [0.25, 0.3) is 5.91 Å². The number of para-hydroxylation sites is 1. The van der Waals surface area contributed by atoms with Crippen LogP contribution in [0.2, 0.25) is 0 Å². The zero-order valence-corrected chi connectivity index (χ0v) is 17.4. The first-order valence-electron chi connectivity index (χ1n) is 9.17. The van der Waals surface area contributed by atoms with E-state index < -0.39 is 0 Å². The number of methoxy groups -OCH3 is 2. The summed E-state index contributed by atoms with van der Waals surface area (Å²) in [6.45, 7) is 3.02. The van der Waals surface area contributed by atoms with Crippen molar-refractivity contribution in [2.24, 2.45) is 0 Å². The number of benzene rings is 2. The van der Waals surface area contributed by atoms with Gasteiger partial charge in [0.2, 0.25) is 0 Å². The maximum atomic E-state index is 12.5. The van der Waals surface area contributed by atoms with E-state index in [1.807, 2.05) is 50.4 Å². The normalized spacial score (nSPS) is 13.1. The Bertz CT molecular complexity index is 924. The van der Waals surface area contributed by atoms with Gasteiger partial charge in [-0.1, -0.05) is 12.1 Å². The zero-order chi connectivity index (χ0) is 20.1. The average molecular weight is 401 g/mol. The molecule has 2 atom stereocenters. The molecule has 2 aromatic carbocycles. The molecule has 1 heterocycles. The molecule has 0 aliphatic rings. The molecule has 6 nitrogen and oxygen atoms in total. The van der Waals surface area contributed by atoms with Crippen LogP contribution in [0.3, 0.4) is 0 Å². The Balaban J connectivity index is 1.60. The second kappa shape index (κ2) is 9.03. The topological polar surface area (TPSA) is 64.9 Å². The molecule has 1 unspecified atom stereocenters. The second-order valence-corrected chi connectivity index (χ2v) is 7.90. The lowest BCUT2D eigenvalue weighted by Crippen LogP contribution is -3.08. The van der Waals surface area contributed by atoms with Crippen LogP contribution in [0, 0.1) is 0 Å². The fourth-order valence-electron chi connectivity index (χ4n) is 3.14. The predicted octanol–water partition coefficient (Wildman–Crippen LogP) is 2.21. The number of ether oxygens (including phenoxy) is 2. The molecule has 0 bridgehead atoms. The smallest absolute Gasteiger partial charge is 0.275 e. The fraction of sp³-hybridized carbons (Fsp3) is 0.333. The minimum Gasteiger partial charge on any atom is -0.497 e. The Kier molecular flexibility index (Phi) is 6.49. The Morgan fingerprint density at radius 2 is 2.00 bits per heavy atom. The van der Waals surface area contributed by atoms with Crippen molar-refractivity contribution in [1.82, 2.24) is 10.3 Å². The lowest BCUT2D eigenvalue weighted by molar-refractivity contribution is -0.885. The van der Waals surface area contributed by atoms with Crippen LogP contribution >= 0.6 is 11.3 Å². The van der Waals surface area contributed by atoms with E-state index in [0.717, 1.165) is 32.5 Å². The molecule has 148 valence electrons. The van der Waals surface area contributed by atoms with Crippen molar-refractivity contribution < 1.29 is 19.2 Å². The van der Waals surface area contributed by atoms with E-state index >= 15 is 0 Å². The van der Waals surface area contributed by atoms with E-state index in [9.17, 15) is 4.79 Å². The molecule has 3 rings (SSSR count). The highest BCUT2D eigenvalue weighted by atomic mass is 32.1. The largest absolute Gasteiger partial charge is 0.497 e. The molecule has 1 amide bonds. The van der Waals surface area contributed by atoms with Gasteiger partial charge in [-0.05, 0) is 37.3 Å². The van der Waals surface area contributed by atoms with Gasteiger partial charge in [0.05, 0.1) is 37.5 Å². The monoisotopic (exact) mass is 400 g/mol. The first-order chi connectivity index (χ1) is 13.5. The van der Waals surface area contributed by atoms with Gasteiger partial charge in [-0.25, -0.2) is 4.98 Å². The Morgan fingerprint density at radius 1 is 1.21 bits per heavy atom. The van der Waals surface area contributed by atoms with Gasteiger partial charge in [0, 0.05) is 5.56 Å². The molecule has 0 radical (unpaired) electrons. The number of aromatic nitrogens is 1. The number of nitrogens with one attached hydrogen (secondary N) is 2. The van der Waals surface area contributed by atoms with Crippen LogP contribution in [-0.4, -0.2) is 38.7 Å². The predicted molar refractivity (Wildman–Crippen MR) is 111 cm³/mol. The van der Waals surface area contributed by atoms with Crippen molar-refractivity contribution >= 4 is 27.5 Å². The number of carbonyl (C=O) groups excluding carboxylic acids is 1. The molecular formula is C21H26N3O3S+. The summed E-state index contributed by atoms with van der Waals surface area (Å²) < 4.78 is 11.9. The number of amides is 1. The van der Waals surface area contributed by atoms with Gasteiger partial charge < -0.3 is 19.7 Å². The Hall–Kier alpha value is -2.64. The molecule has 0 saturated carbocycles. The Morgan fingerprint density at radius 3 is 2.71 bits per heavy atom. The van der Waals surface area contributed by atoms with Crippen molar-refractivity contribution in [1.29, 1.82) is 0 Å². The third-order valence-corrected chi connectivity index (χ3v) is 5.57. The summed E-state index contributed by atoms with van der Waals surface area (Å²) in [5.74, 6) is 1.44. The number of likely N-dealkylation sites (N-methyl/N-ethyl adjacent to an activating group) is 1. The van der Waals surface area contributed by atoms with Crippen LogP contribution < -0.4 is 19.7 Å². The molecule has 0 saturated heterocycles. The van der Waals surface area contributed by atoms with E-state index in [4.69, 9.17) is 9.47 Å². The first-order valence-corrected chi connectivity index (χ1v) is 9.99. The fourth-order valence-corrected chi connectivity index (χ4v) is 4.22. The third-order valence-electron chi connectivity index (χ3n) is 4.53. The summed E-state index contributed by atoms with van der Waals surface area (Å²) in [6.07, 6.45) is 0. The quantitative estimate of drug-likeness (QED) is 0.609. The van der Waals surface area contributed by atoms with Crippen molar-refractivity contribution in [3.05, 3.63) is 53.0 Å². The molecule has 0 aliphatic heterocycles. The Labute approximate surface area is 169 Å². The van der Waals surface area contributed by atoms with E-state index in [1.54, 1.807) is 25.6 Å². The summed E-state index contributed by atoms with van der Waals surface area (Å²) in [5.41, 5.74) is 1.90. The van der Waals surface area contributed by atoms with Crippen molar-refractivity contribution in [3.63, 3.8) is 0 Å². The van der Waals surface area contributed by atoms with Gasteiger partial charge in [0.1, 0.15) is 23.1 Å². The molecule has 2 N–H and O–H groups in total. The maximum Gasteiger partial charge on any atom is 0.275 e. The van der Waals surface area contributed by atoms with Gasteiger partial charge in [-0.15, -0.1) is 11.3 Å². The number of fused-ring (bicyclic) bond motifs is 1. The van der Waals surface area contributed by atoms with Crippen LogP contribution in [0.5, 0.6) is 11.5 Å². The highest BCUT2D eigenvalue weighted by Gasteiger charge is 2.18. The minimum atomic E-state index is -0.187. The van der Waals surface area contributed by atoms with E-state index in [-0.39, 0.29) is 11.9 Å². The molecule has 0 aliphatic carbocycles. The number of nitrogens with zero attached hydrogens (tertiary/aromatic N) is 1. The van der Waals surface area contributed by atoms with Crippen LogP contribution in [0.25, 0.3) is 10.2 Å². The molecular weight excluding hydrogens is 374 g/mol. The minimum absolute atomic E-state index is 0.0176. The van der Waals surface area contributed by atoms with Crippen LogP contribution in [0.15, 0.2) is 42.5 Å². The molecule has 3 aromatic rings. The van der Waals surface area contributed by atoms with Crippen molar-refractivity contribution in [2.45, 2.75) is 19.5 Å². The average Bonchev–Trinajstić information content (AvgIpc) is 3.09. The van der Waals surface area contributed by atoms with Gasteiger partial charge in [0.15, 0.2) is 6.54 Å². The number of hydrogen-bond donors (Lipinski definition) is 2. The lowest BCUT2D eigenvalue weighted by Gasteiger charge is -2.19. The molecule has 7 heteroatoms. The summed E-state index contributed by atoms with van der Waals surface area (Å²) in [7, 11) is 5.24. The second-order valence-electron chi connectivity index (χ2n) is 6.78. The number of hydrogen-bond acceptors (Lipinski definition) is 5. The number of quaternary nitrogens is 1. The van der Waals surface area contributed by atoms with Crippen LogP contribution in [-0.2, 0) is 11.3 Å². The number of carbonyl (C=O) groups is 1. The summed E-state index contributed by atoms with van der Waals surface area (Å²) >= 11 is 1.68. The molecule has 28 heavy (non-hydrogen) atoms. The standard InChI is InChI=1S/C21H25N3O3S/c1-14(16-11-15(26-3)9-10-18(16)27-4)22-20(25)12-24(2)13-21-23-17-7-5-6-8-19(17)28-21/h5-11,14H,12-13H2,1-4H3,(H,22,25)/p+1/t14-/m0/s1. The van der Waals surface area contributed by atoms with Crippen molar-refractivity contribution in [2.75, 3.05) is 27.8 Å². The zero-order valence-electron chi connectivity index (χ0n) is 16.6.